The van der Waals surface area contributed by atoms with Gasteiger partial charge in [-0.25, -0.2) is 0 Å². The van der Waals surface area contributed by atoms with Crippen molar-refractivity contribution < 1.29 is 9.53 Å². The van der Waals surface area contributed by atoms with Crippen LogP contribution >= 0.6 is 15.9 Å². The number of hydrogen-bond donors (Lipinski definition) is 0. The Morgan fingerprint density at radius 2 is 2.27 bits per heavy atom. The second kappa shape index (κ2) is 5.34. The Balaban J connectivity index is 1.44. The standard InChI is InChI=1S/C18H22BrNO2/c1-12-3-4-13(19)9-14(12)15-10-16(15)17(21)20-7-6-18(11-20)5-2-8-22-18/h3-4,9,15-16H,2,5-8,10-11H2,1H3/t15-,16+,18?/m0/s1. The Morgan fingerprint density at radius 3 is 3.05 bits per heavy atom. The Morgan fingerprint density at radius 1 is 1.41 bits per heavy atom. The number of rotatable bonds is 2. The van der Waals surface area contributed by atoms with Crippen LogP contribution in [0.4, 0.5) is 0 Å². The molecule has 1 saturated carbocycles. The highest BCUT2D eigenvalue weighted by atomic mass is 79.9. The third-order valence-corrected chi connectivity index (χ3v) is 6.05. The Hall–Kier alpha value is -0.870. The van der Waals surface area contributed by atoms with E-state index in [4.69, 9.17) is 4.74 Å². The first-order valence-electron chi connectivity index (χ1n) is 8.27. The first-order chi connectivity index (χ1) is 10.6. The Kier molecular flexibility index (Phi) is 3.57. The van der Waals surface area contributed by atoms with Crippen LogP contribution in [0, 0.1) is 12.8 Å². The van der Waals surface area contributed by atoms with Crippen molar-refractivity contribution in [3.63, 3.8) is 0 Å². The molecule has 3 fully saturated rings. The second-order valence-electron chi connectivity index (χ2n) is 7.09. The predicted octanol–water partition coefficient (Wildman–Crippen LogP) is 3.64. The van der Waals surface area contributed by atoms with Crippen molar-refractivity contribution in [2.75, 3.05) is 19.7 Å². The van der Waals surface area contributed by atoms with Crippen molar-refractivity contribution in [1.82, 2.24) is 4.90 Å². The second-order valence-corrected chi connectivity index (χ2v) is 8.01. The average molecular weight is 364 g/mol. The average Bonchev–Trinajstić information content (AvgIpc) is 2.98. The molecule has 118 valence electrons. The van der Waals surface area contributed by atoms with E-state index < -0.39 is 0 Å². The van der Waals surface area contributed by atoms with Gasteiger partial charge < -0.3 is 9.64 Å². The van der Waals surface area contributed by atoms with Gasteiger partial charge in [-0.2, -0.15) is 0 Å². The number of hydrogen-bond acceptors (Lipinski definition) is 2. The number of carbonyl (C=O) groups is 1. The molecule has 1 unspecified atom stereocenters. The Bertz CT molecular complexity index is 609. The maximum atomic E-state index is 12.8. The predicted molar refractivity (Wildman–Crippen MR) is 88.8 cm³/mol. The van der Waals surface area contributed by atoms with Gasteiger partial charge in [-0.15, -0.1) is 0 Å². The monoisotopic (exact) mass is 363 g/mol. The molecule has 2 heterocycles. The minimum absolute atomic E-state index is 0.00820. The van der Waals surface area contributed by atoms with Gasteiger partial charge in [0.25, 0.3) is 0 Å². The smallest absolute Gasteiger partial charge is 0.226 e. The number of amides is 1. The van der Waals surface area contributed by atoms with Gasteiger partial charge in [0.2, 0.25) is 5.91 Å². The Labute approximate surface area is 140 Å². The van der Waals surface area contributed by atoms with E-state index in [9.17, 15) is 4.79 Å². The van der Waals surface area contributed by atoms with Gasteiger partial charge in [-0.1, -0.05) is 22.0 Å². The van der Waals surface area contributed by atoms with Crippen molar-refractivity contribution in [2.45, 2.75) is 44.1 Å². The number of ether oxygens (including phenoxy) is 1. The molecule has 4 heteroatoms. The molecule has 4 rings (SSSR count). The van der Waals surface area contributed by atoms with E-state index in [2.05, 4.69) is 46.0 Å². The van der Waals surface area contributed by atoms with Crippen molar-refractivity contribution in [2.24, 2.45) is 5.92 Å². The molecule has 2 aliphatic heterocycles. The summed E-state index contributed by atoms with van der Waals surface area (Å²) in [6.45, 7) is 4.69. The fourth-order valence-corrected chi connectivity index (χ4v) is 4.55. The maximum Gasteiger partial charge on any atom is 0.226 e. The zero-order valence-electron chi connectivity index (χ0n) is 13.0. The molecule has 1 aromatic rings. The summed E-state index contributed by atoms with van der Waals surface area (Å²) in [5.41, 5.74) is 2.62. The molecule has 22 heavy (non-hydrogen) atoms. The molecule has 0 aromatic heterocycles. The fourth-order valence-electron chi connectivity index (χ4n) is 4.17. The summed E-state index contributed by atoms with van der Waals surface area (Å²) in [6, 6.07) is 6.38. The van der Waals surface area contributed by atoms with Crippen molar-refractivity contribution >= 4 is 21.8 Å². The lowest BCUT2D eigenvalue weighted by Gasteiger charge is -2.23. The lowest BCUT2D eigenvalue weighted by atomic mass is 10.00. The van der Waals surface area contributed by atoms with Crippen LogP contribution in [0.2, 0.25) is 0 Å². The lowest BCUT2D eigenvalue weighted by molar-refractivity contribution is -0.132. The van der Waals surface area contributed by atoms with E-state index in [1.807, 2.05) is 0 Å². The molecule has 0 bridgehead atoms. The number of likely N-dealkylation sites (tertiary alicyclic amines) is 1. The molecule has 1 aliphatic carbocycles. The molecule has 1 amide bonds. The summed E-state index contributed by atoms with van der Waals surface area (Å²) in [7, 11) is 0. The molecule has 3 aliphatic rings. The van der Waals surface area contributed by atoms with E-state index in [1.54, 1.807) is 0 Å². The van der Waals surface area contributed by atoms with Gasteiger partial charge in [0.05, 0.1) is 5.60 Å². The van der Waals surface area contributed by atoms with Crippen LogP contribution in [-0.4, -0.2) is 36.1 Å². The first kappa shape index (κ1) is 14.7. The third-order valence-electron chi connectivity index (χ3n) is 5.56. The van der Waals surface area contributed by atoms with Crippen LogP contribution in [0.1, 0.15) is 42.7 Å². The van der Waals surface area contributed by atoms with Gasteiger partial charge in [0.15, 0.2) is 0 Å². The van der Waals surface area contributed by atoms with Gasteiger partial charge in [-0.05, 0) is 61.8 Å². The summed E-state index contributed by atoms with van der Waals surface area (Å²) in [5.74, 6) is 0.937. The van der Waals surface area contributed by atoms with Crippen molar-refractivity contribution in [3.05, 3.63) is 33.8 Å². The van der Waals surface area contributed by atoms with Gasteiger partial charge in [0.1, 0.15) is 0 Å². The highest BCUT2D eigenvalue weighted by Crippen LogP contribution is 2.50. The lowest BCUT2D eigenvalue weighted by Crippen LogP contribution is -2.36. The largest absolute Gasteiger partial charge is 0.373 e. The summed E-state index contributed by atoms with van der Waals surface area (Å²) >= 11 is 3.54. The summed E-state index contributed by atoms with van der Waals surface area (Å²) in [6.07, 6.45) is 4.29. The first-order valence-corrected chi connectivity index (χ1v) is 9.06. The third kappa shape index (κ3) is 2.50. The van der Waals surface area contributed by atoms with Gasteiger partial charge in [0, 0.05) is 30.1 Å². The van der Waals surface area contributed by atoms with Crippen LogP contribution in [-0.2, 0) is 9.53 Å². The van der Waals surface area contributed by atoms with Crippen LogP contribution < -0.4 is 0 Å². The molecule has 0 N–H and O–H groups in total. The molecular formula is C18H22BrNO2. The quantitative estimate of drug-likeness (QED) is 0.802. The highest BCUT2D eigenvalue weighted by molar-refractivity contribution is 9.10. The van der Waals surface area contributed by atoms with E-state index in [0.29, 0.717) is 11.8 Å². The summed E-state index contributed by atoms with van der Waals surface area (Å²) in [4.78, 5) is 14.8. The van der Waals surface area contributed by atoms with Gasteiger partial charge >= 0.3 is 0 Å². The summed E-state index contributed by atoms with van der Waals surface area (Å²) in [5, 5.41) is 0. The molecule has 2 saturated heterocycles. The number of aryl methyl sites for hydroxylation is 1. The highest BCUT2D eigenvalue weighted by Gasteiger charge is 2.50. The molecule has 3 atom stereocenters. The number of benzene rings is 1. The number of carbonyl (C=O) groups excluding carboxylic acids is 1. The van der Waals surface area contributed by atoms with Crippen molar-refractivity contribution in [1.29, 1.82) is 0 Å². The zero-order chi connectivity index (χ0) is 15.3. The fraction of sp³-hybridized carbons (Fsp3) is 0.611. The number of halogens is 1. The molecular weight excluding hydrogens is 342 g/mol. The summed E-state index contributed by atoms with van der Waals surface area (Å²) < 4.78 is 7.03. The van der Waals surface area contributed by atoms with Gasteiger partial charge in [-0.3, -0.25) is 4.79 Å². The zero-order valence-corrected chi connectivity index (χ0v) is 14.6. The topological polar surface area (TPSA) is 29.5 Å². The van der Waals surface area contributed by atoms with Crippen molar-refractivity contribution in [3.8, 4) is 0 Å². The van der Waals surface area contributed by atoms with Crippen LogP contribution in [0.25, 0.3) is 0 Å². The van der Waals surface area contributed by atoms with E-state index in [1.165, 1.54) is 11.1 Å². The van der Waals surface area contributed by atoms with Crippen LogP contribution in [0.15, 0.2) is 22.7 Å². The van der Waals surface area contributed by atoms with Crippen LogP contribution in [0.3, 0.4) is 0 Å². The molecule has 0 radical (unpaired) electrons. The maximum absolute atomic E-state index is 12.8. The molecule has 1 aromatic carbocycles. The normalized spacial score (nSPS) is 33.6. The van der Waals surface area contributed by atoms with E-state index in [0.717, 1.165) is 49.9 Å². The minimum Gasteiger partial charge on any atom is -0.373 e. The number of nitrogens with zero attached hydrogens (tertiary/aromatic N) is 1. The van der Waals surface area contributed by atoms with E-state index in [-0.39, 0.29) is 11.5 Å². The molecule has 3 nitrogen and oxygen atoms in total. The molecule has 1 spiro atoms. The minimum atomic E-state index is -0.00820. The SMILES string of the molecule is Cc1ccc(Br)cc1[C@@H]1C[C@H]1C(=O)N1CCC2(CCCO2)C1. The van der Waals surface area contributed by atoms with Crippen LogP contribution in [0.5, 0.6) is 0 Å². The van der Waals surface area contributed by atoms with E-state index >= 15 is 0 Å².